The number of ketones is 1. The van der Waals surface area contributed by atoms with E-state index in [0.29, 0.717) is 22.9 Å². The minimum atomic E-state index is -0.245. The fourth-order valence-corrected chi connectivity index (χ4v) is 3.30. The molecule has 9 heteroatoms. The van der Waals surface area contributed by atoms with Crippen LogP contribution in [0.4, 0.5) is 0 Å². The number of halogens is 2. The van der Waals surface area contributed by atoms with Gasteiger partial charge in [-0.1, -0.05) is 47.5 Å². The van der Waals surface area contributed by atoms with Gasteiger partial charge in [0.25, 0.3) is 0 Å². The number of Topliss-reactive ketones (excluding diaryl/α,β-unsaturated/α-hetero) is 1. The Kier molecular flexibility index (Phi) is 7.09. The summed E-state index contributed by atoms with van der Waals surface area (Å²) >= 11 is 11.9. The standard InChI is InChI=1S/C23H20Cl2N4O3/c24-19-5-1-17(2-6-19)13-21-9-11-26-28(21)31-15-23(30)16-32-29-22(10-12-27-29)14-18-3-7-20(25)8-4-18/h1-12H,13-16H2. The molecular weight excluding hydrogens is 451 g/mol. The zero-order chi connectivity index (χ0) is 22.3. The van der Waals surface area contributed by atoms with Gasteiger partial charge in [0.1, 0.15) is 0 Å². The van der Waals surface area contributed by atoms with Crippen LogP contribution in [0.2, 0.25) is 10.0 Å². The highest BCUT2D eigenvalue weighted by Gasteiger charge is 2.11. The molecule has 0 aliphatic carbocycles. The predicted octanol–water partition coefficient (Wildman–Crippen LogP) is 3.69. The van der Waals surface area contributed by atoms with Crippen molar-refractivity contribution in [3.05, 3.63) is 106 Å². The van der Waals surface area contributed by atoms with Gasteiger partial charge in [0.05, 0.1) is 23.8 Å². The van der Waals surface area contributed by atoms with E-state index in [0.717, 1.165) is 22.5 Å². The molecule has 0 spiro atoms. The van der Waals surface area contributed by atoms with Crippen LogP contribution < -0.4 is 9.68 Å². The minimum absolute atomic E-state index is 0.177. The highest BCUT2D eigenvalue weighted by Crippen LogP contribution is 2.14. The van der Waals surface area contributed by atoms with Crippen LogP contribution >= 0.6 is 23.2 Å². The highest BCUT2D eigenvalue weighted by molar-refractivity contribution is 6.30. The van der Waals surface area contributed by atoms with Gasteiger partial charge >= 0.3 is 0 Å². The molecule has 4 aromatic rings. The molecule has 2 aromatic heterocycles. The highest BCUT2D eigenvalue weighted by atomic mass is 35.5. The lowest BCUT2D eigenvalue weighted by Gasteiger charge is -2.11. The Balaban J connectivity index is 1.28. The number of benzene rings is 2. The summed E-state index contributed by atoms with van der Waals surface area (Å²) < 4.78 is 0. The normalized spacial score (nSPS) is 10.8. The minimum Gasteiger partial charge on any atom is -0.388 e. The molecule has 4 rings (SSSR count). The Morgan fingerprint density at radius 1 is 0.688 bits per heavy atom. The number of hydrogen-bond donors (Lipinski definition) is 0. The van der Waals surface area contributed by atoms with Crippen LogP contribution in [0.3, 0.4) is 0 Å². The second kappa shape index (κ2) is 10.3. The van der Waals surface area contributed by atoms with E-state index in [4.69, 9.17) is 32.9 Å². The van der Waals surface area contributed by atoms with Gasteiger partial charge < -0.3 is 9.68 Å². The molecule has 0 bridgehead atoms. The zero-order valence-corrected chi connectivity index (χ0v) is 18.5. The number of rotatable bonds is 10. The molecule has 164 valence electrons. The summed E-state index contributed by atoms with van der Waals surface area (Å²) in [6.45, 7) is -0.355. The van der Waals surface area contributed by atoms with Gasteiger partial charge in [0, 0.05) is 22.9 Å². The van der Waals surface area contributed by atoms with Crippen molar-refractivity contribution in [1.82, 2.24) is 19.9 Å². The van der Waals surface area contributed by atoms with Crippen molar-refractivity contribution in [2.24, 2.45) is 0 Å². The fraction of sp³-hybridized carbons (Fsp3) is 0.174. The molecule has 0 atom stereocenters. The van der Waals surface area contributed by atoms with E-state index < -0.39 is 0 Å². The Morgan fingerprint density at radius 2 is 1.09 bits per heavy atom. The van der Waals surface area contributed by atoms with Crippen molar-refractivity contribution in [1.29, 1.82) is 0 Å². The van der Waals surface area contributed by atoms with Crippen LogP contribution in [0.5, 0.6) is 0 Å². The van der Waals surface area contributed by atoms with E-state index in [2.05, 4.69) is 10.2 Å². The van der Waals surface area contributed by atoms with Gasteiger partial charge in [-0.15, -0.1) is 19.9 Å². The van der Waals surface area contributed by atoms with Gasteiger partial charge in [0.2, 0.25) is 5.78 Å². The number of nitrogens with zero attached hydrogens (tertiary/aromatic N) is 4. The van der Waals surface area contributed by atoms with E-state index in [-0.39, 0.29) is 19.0 Å². The SMILES string of the molecule is O=C(COn1nccc1Cc1ccc(Cl)cc1)COn1nccc1Cc1ccc(Cl)cc1. The van der Waals surface area contributed by atoms with E-state index in [9.17, 15) is 4.79 Å². The molecule has 0 saturated carbocycles. The molecule has 0 radical (unpaired) electrons. The quantitative estimate of drug-likeness (QED) is 0.353. The Labute approximate surface area is 195 Å². The number of aromatic nitrogens is 4. The lowest BCUT2D eigenvalue weighted by molar-refractivity contribution is -0.129. The van der Waals surface area contributed by atoms with Crippen molar-refractivity contribution in [3.63, 3.8) is 0 Å². The van der Waals surface area contributed by atoms with Gasteiger partial charge in [0.15, 0.2) is 13.2 Å². The fourth-order valence-electron chi connectivity index (χ4n) is 3.05. The van der Waals surface area contributed by atoms with Crippen LogP contribution in [0.15, 0.2) is 73.1 Å². The summed E-state index contributed by atoms with van der Waals surface area (Å²) in [6, 6.07) is 18.7. The molecule has 7 nitrogen and oxygen atoms in total. The topological polar surface area (TPSA) is 71.2 Å². The second-order valence-corrected chi connectivity index (χ2v) is 7.96. The van der Waals surface area contributed by atoms with Gasteiger partial charge in [-0.05, 0) is 47.5 Å². The molecule has 0 fully saturated rings. The average Bonchev–Trinajstić information content (AvgIpc) is 3.43. The molecular formula is C23H20Cl2N4O3. The van der Waals surface area contributed by atoms with E-state index in [1.807, 2.05) is 60.7 Å². The van der Waals surface area contributed by atoms with E-state index in [1.54, 1.807) is 12.4 Å². The molecule has 2 heterocycles. The van der Waals surface area contributed by atoms with Gasteiger partial charge in [-0.2, -0.15) is 0 Å². The van der Waals surface area contributed by atoms with Crippen LogP contribution in [-0.2, 0) is 17.6 Å². The monoisotopic (exact) mass is 470 g/mol. The van der Waals surface area contributed by atoms with Gasteiger partial charge in [-0.25, -0.2) is 0 Å². The van der Waals surface area contributed by atoms with Crippen molar-refractivity contribution < 1.29 is 14.5 Å². The maximum atomic E-state index is 12.3. The molecule has 32 heavy (non-hydrogen) atoms. The summed E-state index contributed by atoms with van der Waals surface area (Å²) in [5.41, 5.74) is 3.75. The van der Waals surface area contributed by atoms with Crippen molar-refractivity contribution in [3.8, 4) is 0 Å². The Morgan fingerprint density at radius 3 is 1.50 bits per heavy atom. The maximum absolute atomic E-state index is 12.3. The number of hydrogen-bond acceptors (Lipinski definition) is 5. The third-order valence-electron chi connectivity index (χ3n) is 4.66. The second-order valence-electron chi connectivity index (χ2n) is 7.08. The molecule has 0 N–H and O–H groups in total. The number of carbonyl (C=O) groups excluding carboxylic acids is 1. The number of carbonyl (C=O) groups is 1. The van der Waals surface area contributed by atoms with Crippen molar-refractivity contribution in [2.45, 2.75) is 12.8 Å². The summed E-state index contributed by atoms with van der Waals surface area (Å²) in [7, 11) is 0. The lowest BCUT2D eigenvalue weighted by atomic mass is 10.1. The molecule has 0 amide bonds. The molecule has 0 saturated heterocycles. The van der Waals surface area contributed by atoms with Crippen LogP contribution in [-0.4, -0.2) is 38.9 Å². The first-order valence-electron chi connectivity index (χ1n) is 9.90. The van der Waals surface area contributed by atoms with Crippen LogP contribution in [0.1, 0.15) is 22.5 Å². The lowest BCUT2D eigenvalue weighted by Crippen LogP contribution is -2.29. The smallest absolute Gasteiger partial charge is 0.213 e. The first-order chi connectivity index (χ1) is 15.6. The molecule has 2 aromatic carbocycles. The first kappa shape index (κ1) is 21.9. The van der Waals surface area contributed by atoms with Crippen molar-refractivity contribution >= 4 is 29.0 Å². The van der Waals surface area contributed by atoms with E-state index in [1.165, 1.54) is 9.69 Å². The third-order valence-corrected chi connectivity index (χ3v) is 5.16. The van der Waals surface area contributed by atoms with Gasteiger partial charge in [-0.3, -0.25) is 4.79 Å². The summed E-state index contributed by atoms with van der Waals surface area (Å²) in [5.74, 6) is -0.245. The summed E-state index contributed by atoms with van der Waals surface area (Å²) in [5, 5.41) is 9.61. The maximum Gasteiger partial charge on any atom is 0.213 e. The molecule has 0 aliphatic heterocycles. The molecule has 0 unspecified atom stereocenters. The zero-order valence-electron chi connectivity index (χ0n) is 17.0. The first-order valence-corrected chi connectivity index (χ1v) is 10.7. The van der Waals surface area contributed by atoms with Crippen LogP contribution in [0.25, 0.3) is 0 Å². The average molecular weight is 471 g/mol. The summed E-state index contributed by atoms with van der Waals surface area (Å²) in [6.07, 6.45) is 4.45. The Bertz CT molecular complexity index is 1080. The summed E-state index contributed by atoms with van der Waals surface area (Å²) in [4.78, 5) is 26.1. The van der Waals surface area contributed by atoms with Crippen molar-refractivity contribution in [2.75, 3.05) is 13.2 Å². The van der Waals surface area contributed by atoms with E-state index >= 15 is 0 Å². The molecule has 0 aliphatic rings. The van der Waals surface area contributed by atoms with Crippen LogP contribution in [0, 0.1) is 0 Å². The Hall–Kier alpha value is -3.29. The predicted molar refractivity (Wildman–Crippen MR) is 121 cm³/mol. The largest absolute Gasteiger partial charge is 0.388 e. The third kappa shape index (κ3) is 5.90.